The standard InChI is InChI=1S/C20H23N3O2S2/c1-15(2)16-5-7-18(8-6-16)27(24,25)22-11-3-4-20-23-19(14-26-20)17-9-12-21-13-10-17/h5-10,12-15,22H,3-4,11H2,1-2H3. The maximum atomic E-state index is 12.4. The van der Waals surface area contributed by atoms with Crippen LogP contribution >= 0.6 is 11.3 Å². The third kappa shape index (κ3) is 5.22. The largest absolute Gasteiger partial charge is 0.265 e. The molecule has 0 spiro atoms. The van der Waals surface area contributed by atoms with Gasteiger partial charge in [0, 0.05) is 36.3 Å². The van der Waals surface area contributed by atoms with E-state index in [0.717, 1.165) is 28.2 Å². The number of aryl methyl sites for hydroxylation is 1. The van der Waals surface area contributed by atoms with Gasteiger partial charge < -0.3 is 0 Å². The van der Waals surface area contributed by atoms with Crippen molar-refractivity contribution < 1.29 is 8.42 Å². The van der Waals surface area contributed by atoms with Gasteiger partial charge in [-0.3, -0.25) is 4.98 Å². The van der Waals surface area contributed by atoms with E-state index in [4.69, 9.17) is 0 Å². The molecule has 3 aromatic rings. The van der Waals surface area contributed by atoms with Gasteiger partial charge in [-0.05, 0) is 42.2 Å². The van der Waals surface area contributed by atoms with E-state index in [2.05, 4.69) is 28.5 Å². The summed E-state index contributed by atoms with van der Waals surface area (Å²) in [4.78, 5) is 8.93. The topological polar surface area (TPSA) is 72.0 Å². The van der Waals surface area contributed by atoms with Gasteiger partial charge in [0.15, 0.2) is 0 Å². The Bertz CT molecular complexity index is 966. The molecule has 7 heteroatoms. The molecule has 0 radical (unpaired) electrons. The van der Waals surface area contributed by atoms with Crippen molar-refractivity contribution in [1.82, 2.24) is 14.7 Å². The Morgan fingerprint density at radius 3 is 2.44 bits per heavy atom. The van der Waals surface area contributed by atoms with Gasteiger partial charge in [0.1, 0.15) is 0 Å². The van der Waals surface area contributed by atoms with Crippen LogP contribution in [0.5, 0.6) is 0 Å². The second-order valence-corrected chi connectivity index (χ2v) is 9.30. The number of nitrogens with one attached hydrogen (secondary N) is 1. The Morgan fingerprint density at radius 1 is 1.07 bits per heavy atom. The van der Waals surface area contributed by atoms with Crippen molar-refractivity contribution in [3.8, 4) is 11.3 Å². The Morgan fingerprint density at radius 2 is 1.78 bits per heavy atom. The highest BCUT2D eigenvalue weighted by Gasteiger charge is 2.13. The zero-order valence-electron chi connectivity index (χ0n) is 15.4. The average Bonchev–Trinajstić information content (AvgIpc) is 3.15. The molecule has 2 heterocycles. The predicted molar refractivity (Wildman–Crippen MR) is 109 cm³/mol. The highest BCUT2D eigenvalue weighted by atomic mass is 32.2. The van der Waals surface area contributed by atoms with E-state index in [1.807, 2.05) is 29.6 Å². The molecule has 0 aliphatic heterocycles. The first-order valence-electron chi connectivity index (χ1n) is 8.90. The molecular formula is C20H23N3O2S2. The van der Waals surface area contributed by atoms with Crippen molar-refractivity contribution in [2.45, 2.75) is 37.5 Å². The third-order valence-corrected chi connectivity index (χ3v) is 6.63. The minimum atomic E-state index is -3.47. The van der Waals surface area contributed by atoms with E-state index in [-0.39, 0.29) is 0 Å². The molecule has 0 aliphatic rings. The normalized spacial score (nSPS) is 11.8. The van der Waals surface area contributed by atoms with Crippen LogP contribution in [0.15, 0.2) is 59.1 Å². The van der Waals surface area contributed by atoms with Gasteiger partial charge in [-0.15, -0.1) is 11.3 Å². The van der Waals surface area contributed by atoms with Gasteiger partial charge in [-0.2, -0.15) is 0 Å². The molecule has 1 N–H and O–H groups in total. The summed E-state index contributed by atoms with van der Waals surface area (Å²) in [5.41, 5.74) is 3.10. The predicted octanol–water partition coefficient (Wildman–Crippen LogP) is 4.24. The fourth-order valence-electron chi connectivity index (χ4n) is 2.64. The number of thiazole rings is 1. The van der Waals surface area contributed by atoms with Crippen molar-refractivity contribution in [3.63, 3.8) is 0 Å². The van der Waals surface area contributed by atoms with Crippen LogP contribution < -0.4 is 4.72 Å². The lowest BCUT2D eigenvalue weighted by atomic mass is 10.0. The molecule has 27 heavy (non-hydrogen) atoms. The summed E-state index contributed by atoms with van der Waals surface area (Å²) in [5, 5.41) is 3.02. The molecule has 0 bridgehead atoms. The summed E-state index contributed by atoms with van der Waals surface area (Å²) in [6, 6.07) is 10.9. The van der Waals surface area contributed by atoms with Crippen molar-refractivity contribution in [2.75, 3.05) is 6.54 Å². The second-order valence-electron chi connectivity index (χ2n) is 6.59. The van der Waals surface area contributed by atoms with Crippen LogP contribution in [0.25, 0.3) is 11.3 Å². The molecule has 0 saturated heterocycles. The fraction of sp³-hybridized carbons (Fsp3) is 0.300. The molecule has 0 atom stereocenters. The van der Waals surface area contributed by atoms with Crippen LogP contribution in [0, 0.1) is 0 Å². The summed E-state index contributed by atoms with van der Waals surface area (Å²) < 4.78 is 27.4. The molecule has 0 aliphatic carbocycles. The highest BCUT2D eigenvalue weighted by molar-refractivity contribution is 7.89. The number of benzene rings is 1. The van der Waals surface area contributed by atoms with Crippen LogP contribution in [0.3, 0.4) is 0 Å². The zero-order valence-corrected chi connectivity index (χ0v) is 17.1. The van der Waals surface area contributed by atoms with Gasteiger partial charge in [0.05, 0.1) is 15.6 Å². The number of pyridine rings is 1. The van der Waals surface area contributed by atoms with E-state index in [1.165, 1.54) is 0 Å². The third-order valence-electron chi connectivity index (χ3n) is 4.24. The Kier molecular flexibility index (Phi) is 6.36. The maximum Gasteiger partial charge on any atom is 0.240 e. The van der Waals surface area contributed by atoms with Crippen LogP contribution in [0.2, 0.25) is 0 Å². The van der Waals surface area contributed by atoms with Crippen molar-refractivity contribution in [1.29, 1.82) is 0 Å². The van der Waals surface area contributed by atoms with Crippen LogP contribution in [-0.2, 0) is 16.4 Å². The van der Waals surface area contributed by atoms with E-state index in [9.17, 15) is 8.42 Å². The fourth-order valence-corrected chi connectivity index (χ4v) is 4.57. The number of hydrogen-bond donors (Lipinski definition) is 1. The molecule has 3 rings (SSSR count). The minimum Gasteiger partial charge on any atom is -0.265 e. The van der Waals surface area contributed by atoms with Gasteiger partial charge in [-0.1, -0.05) is 26.0 Å². The summed E-state index contributed by atoms with van der Waals surface area (Å²) in [5.74, 6) is 0.380. The summed E-state index contributed by atoms with van der Waals surface area (Å²) in [6.07, 6.45) is 4.94. The SMILES string of the molecule is CC(C)c1ccc(S(=O)(=O)NCCCc2nc(-c3ccncc3)cs2)cc1. The second kappa shape index (κ2) is 8.73. The van der Waals surface area contributed by atoms with Crippen molar-refractivity contribution in [2.24, 2.45) is 0 Å². The lowest BCUT2D eigenvalue weighted by Crippen LogP contribution is -2.25. The molecule has 2 aromatic heterocycles. The molecule has 0 saturated carbocycles. The summed E-state index contributed by atoms with van der Waals surface area (Å²) in [6.45, 7) is 4.55. The van der Waals surface area contributed by atoms with Crippen molar-refractivity contribution in [3.05, 3.63) is 64.7 Å². The monoisotopic (exact) mass is 401 g/mol. The summed E-state index contributed by atoms with van der Waals surface area (Å²) >= 11 is 1.59. The van der Waals surface area contributed by atoms with Gasteiger partial charge in [0.2, 0.25) is 10.0 Å². The molecule has 0 fully saturated rings. The van der Waals surface area contributed by atoms with Gasteiger partial charge in [-0.25, -0.2) is 18.1 Å². The minimum absolute atomic E-state index is 0.307. The number of rotatable bonds is 8. The molecule has 0 amide bonds. The van der Waals surface area contributed by atoms with Crippen LogP contribution in [0.1, 0.15) is 36.8 Å². The smallest absolute Gasteiger partial charge is 0.240 e. The molecule has 142 valence electrons. The average molecular weight is 402 g/mol. The Labute approximate surface area is 164 Å². The molecule has 0 unspecified atom stereocenters. The lowest BCUT2D eigenvalue weighted by molar-refractivity contribution is 0.579. The van der Waals surface area contributed by atoms with Gasteiger partial charge >= 0.3 is 0 Å². The van der Waals surface area contributed by atoms with Crippen LogP contribution in [-0.4, -0.2) is 24.9 Å². The number of hydrogen-bond acceptors (Lipinski definition) is 5. The lowest BCUT2D eigenvalue weighted by Gasteiger charge is -2.09. The molecular weight excluding hydrogens is 378 g/mol. The number of sulfonamides is 1. The first-order chi connectivity index (χ1) is 13.0. The zero-order chi connectivity index (χ0) is 19.3. The van der Waals surface area contributed by atoms with E-state index in [1.54, 1.807) is 35.9 Å². The molecule has 1 aromatic carbocycles. The van der Waals surface area contributed by atoms with Gasteiger partial charge in [0.25, 0.3) is 0 Å². The summed E-state index contributed by atoms with van der Waals surface area (Å²) in [7, 11) is -3.47. The van der Waals surface area contributed by atoms with E-state index in [0.29, 0.717) is 23.8 Å². The number of nitrogens with zero attached hydrogens (tertiary/aromatic N) is 2. The quantitative estimate of drug-likeness (QED) is 0.573. The van der Waals surface area contributed by atoms with E-state index >= 15 is 0 Å². The van der Waals surface area contributed by atoms with E-state index < -0.39 is 10.0 Å². The first-order valence-corrected chi connectivity index (χ1v) is 11.3. The molecule has 5 nitrogen and oxygen atoms in total. The number of aromatic nitrogens is 2. The Hall–Kier alpha value is -2.09. The Balaban J connectivity index is 1.51. The van der Waals surface area contributed by atoms with Crippen molar-refractivity contribution >= 4 is 21.4 Å². The first kappa shape index (κ1) is 19.7. The van der Waals surface area contributed by atoms with Crippen LogP contribution in [0.4, 0.5) is 0 Å². The maximum absolute atomic E-state index is 12.4. The highest BCUT2D eigenvalue weighted by Crippen LogP contribution is 2.22.